The van der Waals surface area contributed by atoms with E-state index >= 15 is 0 Å². The number of esters is 1. The molecule has 0 aromatic heterocycles. The molecule has 0 bridgehead atoms. The highest BCUT2D eigenvalue weighted by Crippen LogP contribution is 2.35. The van der Waals surface area contributed by atoms with Crippen LogP contribution in [-0.2, 0) is 4.79 Å². The van der Waals surface area contributed by atoms with Crippen LogP contribution >= 0.6 is 0 Å². The zero-order valence-electron chi connectivity index (χ0n) is 18.8. The third-order valence-corrected chi connectivity index (χ3v) is 4.88. The van der Waals surface area contributed by atoms with Gasteiger partial charge in [0, 0.05) is 0 Å². The van der Waals surface area contributed by atoms with Crippen LogP contribution in [0.15, 0.2) is 24.3 Å². The summed E-state index contributed by atoms with van der Waals surface area (Å²) in [7, 11) is 0. The van der Waals surface area contributed by atoms with Gasteiger partial charge in [-0.25, -0.2) is 0 Å². The van der Waals surface area contributed by atoms with Crippen LogP contribution < -0.4 is 9.47 Å². The maximum Gasteiger partial charge on any atom is 0.314 e. The molecule has 28 heavy (non-hydrogen) atoms. The van der Waals surface area contributed by atoms with E-state index in [2.05, 4.69) is 58.9 Å². The Morgan fingerprint density at radius 1 is 0.857 bits per heavy atom. The van der Waals surface area contributed by atoms with Crippen molar-refractivity contribution in [2.75, 3.05) is 0 Å². The summed E-state index contributed by atoms with van der Waals surface area (Å²) in [6.45, 7) is 18.2. The molecular weight excluding hydrogens is 348 g/mol. The summed E-state index contributed by atoms with van der Waals surface area (Å²) in [6.07, 6.45) is 0.774. The highest BCUT2D eigenvalue weighted by molar-refractivity contribution is 5.77. The van der Waals surface area contributed by atoms with Gasteiger partial charge in [0.25, 0.3) is 0 Å². The molecule has 0 heterocycles. The monoisotopic (exact) mass is 382 g/mol. The second kappa shape index (κ2) is 8.38. The number of carbonyl (C=O) groups is 1. The van der Waals surface area contributed by atoms with Crippen molar-refractivity contribution in [1.29, 1.82) is 0 Å². The molecule has 0 amide bonds. The second-order valence-electron chi connectivity index (χ2n) is 8.82. The Morgan fingerprint density at radius 3 is 1.61 bits per heavy atom. The fraction of sp³-hybridized carbons (Fsp3) is 0.480. The lowest BCUT2D eigenvalue weighted by Crippen LogP contribution is -2.24. The zero-order chi connectivity index (χ0) is 21.2. The molecule has 0 aliphatic carbocycles. The number of hydrogen-bond acceptors (Lipinski definition) is 3. The van der Waals surface area contributed by atoms with E-state index in [9.17, 15) is 4.79 Å². The van der Waals surface area contributed by atoms with Crippen LogP contribution in [0.4, 0.5) is 0 Å². The molecule has 2 aromatic rings. The maximum absolute atomic E-state index is 12.2. The maximum atomic E-state index is 12.2. The van der Waals surface area contributed by atoms with Gasteiger partial charge in [-0.2, -0.15) is 0 Å². The molecule has 0 aliphatic rings. The van der Waals surface area contributed by atoms with Crippen LogP contribution in [0.5, 0.6) is 11.5 Å². The fourth-order valence-electron chi connectivity index (χ4n) is 3.23. The Bertz CT molecular complexity index is 826. The minimum absolute atomic E-state index is 0.0980. The lowest BCUT2D eigenvalue weighted by molar-refractivity contribution is -0.138. The summed E-state index contributed by atoms with van der Waals surface area (Å²) in [6, 6.07) is 8.50. The van der Waals surface area contributed by atoms with Gasteiger partial charge in [0.1, 0.15) is 17.1 Å². The lowest BCUT2D eigenvalue weighted by atomic mass is 9.96. The van der Waals surface area contributed by atoms with Crippen LogP contribution in [0.25, 0.3) is 11.1 Å². The van der Waals surface area contributed by atoms with Crippen molar-refractivity contribution in [1.82, 2.24) is 0 Å². The average Bonchev–Trinajstić information content (AvgIpc) is 2.59. The first kappa shape index (κ1) is 22.0. The van der Waals surface area contributed by atoms with E-state index in [1.165, 1.54) is 0 Å². The Hall–Kier alpha value is -2.29. The van der Waals surface area contributed by atoms with Crippen LogP contribution in [0.1, 0.15) is 63.3 Å². The van der Waals surface area contributed by atoms with Gasteiger partial charge in [-0.3, -0.25) is 4.79 Å². The van der Waals surface area contributed by atoms with Gasteiger partial charge in [0.2, 0.25) is 0 Å². The van der Waals surface area contributed by atoms with Crippen molar-refractivity contribution < 1.29 is 14.3 Å². The molecule has 3 nitrogen and oxygen atoms in total. The fourth-order valence-corrected chi connectivity index (χ4v) is 3.23. The van der Waals surface area contributed by atoms with Crippen LogP contribution in [0, 0.1) is 33.6 Å². The van der Waals surface area contributed by atoms with Crippen molar-refractivity contribution in [3.63, 3.8) is 0 Å². The highest BCUT2D eigenvalue weighted by atomic mass is 16.5. The van der Waals surface area contributed by atoms with Crippen LogP contribution in [-0.4, -0.2) is 11.6 Å². The predicted octanol–water partition coefficient (Wildman–Crippen LogP) is 6.72. The first-order valence-corrected chi connectivity index (χ1v) is 10.1. The first-order valence-electron chi connectivity index (χ1n) is 10.1. The summed E-state index contributed by atoms with van der Waals surface area (Å²) in [5.74, 6) is 1.36. The summed E-state index contributed by atoms with van der Waals surface area (Å²) in [5, 5.41) is 0. The van der Waals surface area contributed by atoms with E-state index in [1.54, 1.807) is 0 Å². The van der Waals surface area contributed by atoms with Gasteiger partial charge in [-0.1, -0.05) is 13.8 Å². The normalized spacial score (nSPS) is 12.6. The van der Waals surface area contributed by atoms with Gasteiger partial charge in [0.15, 0.2) is 0 Å². The number of aryl methyl sites for hydroxylation is 4. The van der Waals surface area contributed by atoms with Crippen LogP contribution in [0.2, 0.25) is 0 Å². The Labute approximate surface area is 170 Å². The Kier molecular flexibility index (Phi) is 6.59. The van der Waals surface area contributed by atoms with Crippen molar-refractivity contribution in [3.05, 3.63) is 46.5 Å². The van der Waals surface area contributed by atoms with Gasteiger partial charge in [-0.05, 0) is 113 Å². The predicted molar refractivity (Wildman–Crippen MR) is 116 cm³/mol. The molecule has 1 atom stereocenters. The van der Waals surface area contributed by atoms with E-state index < -0.39 is 0 Å². The van der Waals surface area contributed by atoms with E-state index in [4.69, 9.17) is 9.47 Å². The summed E-state index contributed by atoms with van der Waals surface area (Å²) in [5.41, 5.74) is 6.20. The first-order chi connectivity index (χ1) is 12.9. The van der Waals surface area contributed by atoms with Gasteiger partial charge >= 0.3 is 5.97 Å². The molecule has 0 N–H and O–H groups in total. The molecule has 0 radical (unpaired) electrons. The number of benzene rings is 2. The molecule has 0 saturated heterocycles. The standard InChI is InChI=1S/C25H34O3/c1-10-15(2)24(26)27-22-16(3)11-20(12-17(22)4)21-13-18(5)23(19(6)14-21)28-25(7,8)9/h11-15H,10H2,1-9H3. The third kappa shape index (κ3) is 5.15. The lowest BCUT2D eigenvalue weighted by Gasteiger charge is -2.25. The number of ether oxygens (including phenoxy) is 2. The zero-order valence-corrected chi connectivity index (χ0v) is 18.8. The van der Waals surface area contributed by atoms with Crippen molar-refractivity contribution in [2.24, 2.45) is 5.92 Å². The minimum atomic E-state index is -0.231. The minimum Gasteiger partial charge on any atom is -0.488 e. The second-order valence-corrected chi connectivity index (χ2v) is 8.82. The highest BCUT2D eigenvalue weighted by Gasteiger charge is 2.19. The largest absolute Gasteiger partial charge is 0.488 e. The number of rotatable bonds is 5. The van der Waals surface area contributed by atoms with E-state index in [-0.39, 0.29) is 17.5 Å². The van der Waals surface area contributed by atoms with Gasteiger partial charge in [0.05, 0.1) is 5.92 Å². The van der Waals surface area contributed by atoms with Crippen LogP contribution in [0.3, 0.4) is 0 Å². The molecule has 3 heteroatoms. The van der Waals surface area contributed by atoms with Crippen molar-refractivity contribution in [2.45, 2.75) is 74.3 Å². The van der Waals surface area contributed by atoms with Crippen molar-refractivity contribution >= 4 is 5.97 Å². The smallest absolute Gasteiger partial charge is 0.314 e. The quantitative estimate of drug-likeness (QED) is 0.425. The Morgan fingerprint density at radius 2 is 1.25 bits per heavy atom. The molecule has 152 valence electrons. The summed E-state index contributed by atoms with van der Waals surface area (Å²) in [4.78, 5) is 12.2. The van der Waals surface area contributed by atoms with Crippen molar-refractivity contribution in [3.8, 4) is 22.6 Å². The molecular formula is C25H34O3. The van der Waals surface area contributed by atoms with Gasteiger partial charge in [-0.15, -0.1) is 0 Å². The molecule has 0 saturated carbocycles. The van der Waals surface area contributed by atoms with E-state index in [0.717, 1.165) is 45.6 Å². The molecule has 2 aromatic carbocycles. The summed E-state index contributed by atoms with van der Waals surface area (Å²) >= 11 is 0. The van der Waals surface area contributed by atoms with E-state index in [0.29, 0.717) is 5.75 Å². The molecule has 1 unspecified atom stereocenters. The third-order valence-electron chi connectivity index (χ3n) is 4.88. The number of carbonyl (C=O) groups excluding carboxylic acids is 1. The number of hydrogen-bond donors (Lipinski definition) is 0. The molecule has 0 spiro atoms. The summed E-state index contributed by atoms with van der Waals surface area (Å²) < 4.78 is 11.8. The molecule has 0 fully saturated rings. The average molecular weight is 383 g/mol. The Balaban J connectivity index is 2.40. The van der Waals surface area contributed by atoms with E-state index in [1.807, 2.05) is 27.7 Å². The topological polar surface area (TPSA) is 35.5 Å². The molecule has 0 aliphatic heterocycles. The SMILES string of the molecule is CCC(C)C(=O)Oc1c(C)cc(-c2cc(C)c(OC(C)(C)C)c(C)c2)cc1C. The van der Waals surface area contributed by atoms with Gasteiger partial charge < -0.3 is 9.47 Å². The molecule has 2 rings (SSSR count).